The van der Waals surface area contributed by atoms with Crippen LogP contribution < -0.4 is 11.1 Å². The molecule has 5 nitrogen and oxygen atoms in total. The molecule has 2 atom stereocenters. The fraction of sp³-hybridized carbons (Fsp3) is 0.818. The smallest absolute Gasteiger partial charge is 0.233 e. The number of nitrogens with one attached hydrogen (secondary N) is 1. The monoisotopic (exact) mass is 227 g/mol. The van der Waals surface area contributed by atoms with Crippen molar-refractivity contribution in [3.05, 3.63) is 0 Å². The van der Waals surface area contributed by atoms with Crippen LogP contribution in [0.4, 0.5) is 0 Å². The summed E-state index contributed by atoms with van der Waals surface area (Å²) < 4.78 is 0. The first-order valence-corrected chi connectivity index (χ1v) is 5.67. The summed E-state index contributed by atoms with van der Waals surface area (Å²) in [6, 6.07) is 0.230. The summed E-state index contributed by atoms with van der Waals surface area (Å²) in [4.78, 5) is 11.9. The summed E-state index contributed by atoms with van der Waals surface area (Å²) in [7, 11) is 0. The van der Waals surface area contributed by atoms with Crippen molar-refractivity contribution in [2.45, 2.75) is 46.1 Å². The second-order valence-corrected chi connectivity index (χ2v) is 5.20. The zero-order valence-electron chi connectivity index (χ0n) is 10.2. The van der Waals surface area contributed by atoms with Crippen molar-refractivity contribution >= 4 is 11.7 Å². The molecule has 0 aromatic carbocycles. The van der Waals surface area contributed by atoms with E-state index in [9.17, 15) is 4.79 Å². The molecule has 16 heavy (non-hydrogen) atoms. The van der Waals surface area contributed by atoms with Crippen LogP contribution in [0.3, 0.4) is 0 Å². The first-order chi connectivity index (χ1) is 7.37. The molecule has 1 amide bonds. The van der Waals surface area contributed by atoms with Crippen LogP contribution in [0.1, 0.15) is 40.0 Å². The van der Waals surface area contributed by atoms with Gasteiger partial charge >= 0.3 is 0 Å². The molecule has 0 aliphatic heterocycles. The number of carbonyl (C=O) groups is 1. The third-order valence-corrected chi connectivity index (χ3v) is 3.35. The van der Waals surface area contributed by atoms with Crippen LogP contribution in [0.2, 0.25) is 0 Å². The summed E-state index contributed by atoms with van der Waals surface area (Å²) >= 11 is 0. The van der Waals surface area contributed by atoms with Crippen molar-refractivity contribution in [1.29, 1.82) is 0 Å². The van der Waals surface area contributed by atoms with Gasteiger partial charge in [0.15, 0.2) is 5.84 Å². The van der Waals surface area contributed by atoms with Gasteiger partial charge in [0, 0.05) is 6.04 Å². The fourth-order valence-electron chi connectivity index (χ4n) is 1.95. The van der Waals surface area contributed by atoms with Crippen LogP contribution >= 0.6 is 0 Å². The topological polar surface area (TPSA) is 87.7 Å². The van der Waals surface area contributed by atoms with Gasteiger partial charge in [0.05, 0.1) is 0 Å². The second kappa shape index (κ2) is 4.72. The molecule has 2 unspecified atom stereocenters. The summed E-state index contributed by atoms with van der Waals surface area (Å²) in [5.41, 5.74) is 4.53. The van der Waals surface area contributed by atoms with Crippen molar-refractivity contribution in [2.24, 2.45) is 22.2 Å². The third-order valence-electron chi connectivity index (χ3n) is 3.35. The van der Waals surface area contributed by atoms with Gasteiger partial charge in [-0.3, -0.25) is 4.79 Å². The highest BCUT2D eigenvalue weighted by Gasteiger charge is 2.35. The van der Waals surface area contributed by atoms with E-state index in [-0.39, 0.29) is 17.8 Å². The molecule has 0 spiro atoms. The zero-order chi connectivity index (χ0) is 12.3. The standard InChI is InChI=1S/C11H21N3O2/c1-7-4-5-8(6-7)13-10(15)11(2,3)9(12)14-16/h7-8,16H,4-6H2,1-3H3,(H2,12,14)(H,13,15). The summed E-state index contributed by atoms with van der Waals surface area (Å²) in [5, 5.41) is 14.5. The van der Waals surface area contributed by atoms with Gasteiger partial charge in [-0.25, -0.2) is 0 Å². The number of hydrogen-bond acceptors (Lipinski definition) is 3. The fourth-order valence-corrected chi connectivity index (χ4v) is 1.95. The Morgan fingerprint density at radius 3 is 2.56 bits per heavy atom. The number of nitrogens with zero attached hydrogens (tertiary/aromatic N) is 1. The number of rotatable bonds is 3. The minimum absolute atomic E-state index is 0.0592. The van der Waals surface area contributed by atoms with Crippen molar-refractivity contribution in [3.8, 4) is 0 Å². The Kier molecular flexibility index (Phi) is 3.78. The van der Waals surface area contributed by atoms with Gasteiger partial charge in [-0.05, 0) is 39.0 Å². The van der Waals surface area contributed by atoms with Gasteiger partial charge in [-0.2, -0.15) is 0 Å². The first-order valence-electron chi connectivity index (χ1n) is 5.67. The Hall–Kier alpha value is -1.26. The molecule has 1 fully saturated rings. The number of amides is 1. The van der Waals surface area contributed by atoms with Crippen molar-refractivity contribution in [2.75, 3.05) is 0 Å². The van der Waals surface area contributed by atoms with Gasteiger partial charge in [0.1, 0.15) is 5.41 Å². The summed E-state index contributed by atoms with van der Waals surface area (Å²) in [6.07, 6.45) is 3.17. The minimum atomic E-state index is -0.958. The third kappa shape index (κ3) is 2.65. The normalized spacial score (nSPS) is 26.8. The van der Waals surface area contributed by atoms with Crippen LogP contribution in [0.15, 0.2) is 5.16 Å². The maximum atomic E-state index is 11.9. The van der Waals surface area contributed by atoms with E-state index in [1.165, 1.54) is 0 Å². The average Bonchev–Trinajstić information content (AvgIpc) is 2.62. The van der Waals surface area contributed by atoms with Crippen LogP contribution in [0.5, 0.6) is 0 Å². The van der Waals surface area contributed by atoms with Gasteiger partial charge in [0.25, 0.3) is 0 Å². The van der Waals surface area contributed by atoms with Gasteiger partial charge in [-0.15, -0.1) is 0 Å². The van der Waals surface area contributed by atoms with E-state index in [1.807, 2.05) is 0 Å². The van der Waals surface area contributed by atoms with Crippen LogP contribution in [-0.4, -0.2) is 23.0 Å². The Morgan fingerprint density at radius 2 is 2.12 bits per heavy atom. The lowest BCUT2D eigenvalue weighted by Gasteiger charge is -2.24. The molecular formula is C11H21N3O2. The van der Waals surface area contributed by atoms with Gasteiger partial charge in [-0.1, -0.05) is 12.1 Å². The predicted octanol–water partition coefficient (Wildman–Crippen LogP) is 1.06. The molecule has 0 radical (unpaired) electrons. The lowest BCUT2D eigenvalue weighted by molar-refractivity contribution is -0.127. The van der Waals surface area contributed by atoms with Gasteiger partial charge < -0.3 is 16.3 Å². The summed E-state index contributed by atoms with van der Waals surface area (Å²) in [6.45, 7) is 5.48. The molecule has 5 heteroatoms. The highest BCUT2D eigenvalue weighted by molar-refractivity contribution is 6.05. The Bertz CT molecular complexity index is 300. The van der Waals surface area contributed by atoms with Gasteiger partial charge in [0.2, 0.25) is 5.91 Å². The highest BCUT2D eigenvalue weighted by atomic mass is 16.4. The van der Waals surface area contributed by atoms with E-state index in [0.717, 1.165) is 19.3 Å². The van der Waals surface area contributed by atoms with Crippen LogP contribution in [0.25, 0.3) is 0 Å². The number of hydrogen-bond donors (Lipinski definition) is 3. The lowest BCUT2D eigenvalue weighted by Crippen LogP contribution is -2.48. The minimum Gasteiger partial charge on any atom is -0.409 e. The molecule has 0 heterocycles. The van der Waals surface area contributed by atoms with E-state index in [4.69, 9.17) is 10.9 Å². The maximum Gasteiger partial charge on any atom is 0.233 e. The van der Waals surface area contributed by atoms with E-state index in [1.54, 1.807) is 13.8 Å². The molecule has 4 N–H and O–H groups in total. The Labute approximate surface area is 96.1 Å². The Morgan fingerprint density at radius 1 is 1.50 bits per heavy atom. The number of oxime groups is 1. The molecule has 1 saturated carbocycles. The Balaban J connectivity index is 2.58. The molecule has 1 aliphatic rings. The van der Waals surface area contributed by atoms with E-state index in [0.29, 0.717) is 5.92 Å². The largest absolute Gasteiger partial charge is 0.409 e. The average molecular weight is 227 g/mol. The number of nitrogens with two attached hydrogens (primary N) is 1. The summed E-state index contributed by atoms with van der Waals surface area (Å²) in [5.74, 6) is 0.426. The molecular weight excluding hydrogens is 206 g/mol. The predicted molar refractivity (Wildman–Crippen MR) is 62.1 cm³/mol. The van der Waals surface area contributed by atoms with E-state index < -0.39 is 5.41 Å². The van der Waals surface area contributed by atoms with E-state index in [2.05, 4.69) is 17.4 Å². The quantitative estimate of drug-likeness (QED) is 0.291. The maximum absolute atomic E-state index is 11.9. The zero-order valence-corrected chi connectivity index (χ0v) is 10.2. The number of amidine groups is 1. The SMILES string of the molecule is CC1CCC(NC(=O)C(C)(C)C(N)=NO)C1. The molecule has 0 aromatic heterocycles. The van der Waals surface area contributed by atoms with Crippen molar-refractivity contribution in [1.82, 2.24) is 5.32 Å². The second-order valence-electron chi connectivity index (χ2n) is 5.20. The first kappa shape index (κ1) is 12.8. The highest BCUT2D eigenvalue weighted by Crippen LogP contribution is 2.26. The molecule has 0 saturated heterocycles. The molecule has 92 valence electrons. The van der Waals surface area contributed by atoms with Crippen molar-refractivity contribution < 1.29 is 10.0 Å². The number of carbonyl (C=O) groups excluding carboxylic acids is 1. The van der Waals surface area contributed by atoms with Crippen LogP contribution in [0, 0.1) is 11.3 Å². The molecule has 0 bridgehead atoms. The van der Waals surface area contributed by atoms with E-state index >= 15 is 0 Å². The molecule has 0 aromatic rings. The molecule has 1 rings (SSSR count). The van der Waals surface area contributed by atoms with Crippen LogP contribution in [-0.2, 0) is 4.79 Å². The lowest BCUT2D eigenvalue weighted by atomic mass is 9.90. The van der Waals surface area contributed by atoms with Crippen molar-refractivity contribution in [3.63, 3.8) is 0 Å². The molecule has 1 aliphatic carbocycles.